The Balaban J connectivity index is 1.84. The van der Waals surface area contributed by atoms with Crippen molar-refractivity contribution in [3.8, 4) is 11.1 Å². The summed E-state index contributed by atoms with van der Waals surface area (Å²) in [6, 6.07) is 2.52. The van der Waals surface area contributed by atoms with Crippen LogP contribution in [0.1, 0.15) is 12.5 Å². The van der Waals surface area contributed by atoms with E-state index in [1.165, 1.54) is 38.4 Å². The molecule has 10 heteroatoms. The molecule has 2 heterocycles. The highest BCUT2D eigenvalue weighted by Gasteiger charge is 2.36. The van der Waals surface area contributed by atoms with Gasteiger partial charge in [-0.2, -0.15) is 13.2 Å². The maximum Gasteiger partial charge on any atom is 0.416 e. The number of amides is 1. The molecule has 1 saturated heterocycles. The quantitative estimate of drug-likeness (QED) is 0.415. The summed E-state index contributed by atoms with van der Waals surface area (Å²) in [5.74, 6) is -1.12. The van der Waals surface area contributed by atoms with Crippen LogP contribution in [0.3, 0.4) is 0 Å². The lowest BCUT2D eigenvalue weighted by atomic mass is 10.0. The van der Waals surface area contributed by atoms with Crippen molar-refractivity contribution in [1.82, 2.24) is 9.97 Å². The predicted octanol–water partition coefficient (Wildman–Crippen LogP) is 4.43. The first-order chi connectivity index (χ1) is 15.1. The Kier molecular flexibility index (Phi) is 6.93. The van der Waals surface area contributed by atoms with Gasteiger partial charge in [0.05, 0.1) is 18.8 Å². The van der Waals surface area contributed by atoms with E-state index < -0.39 is 29.0 Å². The first kappa shape index (κ1) is 23.4. The molecule has 0 atom stereocenters. The number of hydrogen-bond donors (Lipinski definition) is 1. The van der Waals surface area contributed by atoms with E-state index in [9.17, 15) is 22.4 Å². The van der Waals surface area contributed by atoms with Crippen LogP contribution in [0.4, 0.5) is 29.2 Å². The van der Waals surface area contributed by atoms with E-state index in [1.807, 2.05) is 4.90 Å². The fraction of sp³-hybridized carbons (Fsp3) is 0.318. The van der Waals surface area contributed by atoms with Gasteiger partial charge < -0.3 is 15.0 Å². The van der Waals surface area contributed by atoms with Crippen LogP contribution in [0.25, 0.3) is 11.1 Å². The van der Waals surface area contributed by atoms with Crippen LogP contribution in [0.15, 0.2) is 48.3 Å². The number of allylic oxidation sites excluding steroid dienone is 1. The molecule has 0 unspecified atom stereocenters. The van der Waals surface area contributed by atoms with Gasteiger partial charge in [0.2, 0.25) is 5.95 Å². The third-order valence-corrected chi connectivity index (χ3v) is 5.00. The highest BCUT2D eigenvalue weighted by molar-refractivity contribution is 6.07. The van der Waals surface area contributed by atoms with Crippen molar-refractivity contribution in [2.75, 3.05) is 36.5 Å². The van der Waals surface area contributed by atoms with E-state index in [2.05, 4.69) is 21.9 Å². The number of aromatic nitrogens is 2. The van der Waals surface area contributed by atoms with Gasteiger partial charge in [0.1, 0.15) is 5.82 Å². The van der Waals surface area contributed by atoms with E-state index in [1.54, 1.807) is 0 Å². The monoisotopic (exact) mass is 450 g/mol. The van der Waals surface area contributed by atoms with Crippen molar-refractivity contribution in [3.63, 3.8) is 0 Å². The Labute approximate surface area is 182 Å². The molecule has 0 aliphatic carbocycles. The Bertz CT molecular complexity index is 1040. The number of morpholine rings is 1. The highest BCUT2D eigenvalue weighted by atomic mass is 19.4. The first-order valence-corrected chi connectivity index (χ1v) is 9.81. The highest BCUT2D eigenvalue weighted by Crippen LogP contribution is 2.32. The molecule has 32 heavy (non-hydrogen) atoms. The summed E-state index contributed by atoms with van der Waals surface area (Å²) in [7, 11) is 0. The molecule has 1 aromatic heterocycles. The summed E-state index contributed by atoms with van der Waals surface area (Å²) >= 11 is 0. The van der Waals surface area contributed by atoms with Crippen LogP contribution in [-0.4, -0.2) is 48.4 Å². The van der Waals surface area contributed by atoms with E-state index in [-0.39, 0.29) is 11.3 Å². The van der Waals surface area contributed by atoms with E-state index in [0.717, 1.165) is 6.08 Å². The molecule has 3 rings (SSSR count). The molecule has 1 aromatic carbocycles. The predicted molar refractivity (Wildman–Crippen MR) is 113 cm³/mol. The number of nitrogens with one attached hydrogen (secondary N) is 1. The van der Waals surface area contributed by atoms with Crippen molar-refractivity contribution < 1.29 is 27.1 Å². The topological polar surface area (TPSA) is 67.4 Å². The van der Waals surface area contributed by atoms with Crippen molar-refractivity contribution in [2.24, 2.45) is 0 Å². The minimum atomic E-state index is -4.72. The number of hydrogen-bond acceptors (Lipinski definition) is 5. The van der Waals surface area contributed by atoms with Crippen LogP contribution in [0.2, 0.25) is 0 Å². The van der Waals surface area contributed by atoms with Gasteiger partial charge in [-0.05, 0) is 31.5 Å². The zero-order valence-corrected chi connectivity index (χ0v) is 17.6. The third kappa shape index (κ3) is 5.13. The molecular weight excluding hydrogens is 428 g/mol. The van der Waals surface area contributed by atoms with E-state index in [0.29, 0.717) is 43.4 Å². The standard InChI is InChI=1S/C22H22F4N4O2/c1-4-17(22(24,25)26)14(3)20(31)29-19-10-16(18(23)9-13(19)2)15-11-27-21(28-12-15)30-5-7-32-8-6-30/h4,9-12H,3,5-8H2,1-2H3,(H,29,31)/b17-4+. The van der Waals surface area contributed by atoms with Gasteiger partial charge in [0.15, 0.2) is 0 Å². The maximum atomic E-state index is 14.6. The molecule has 1 fully saturated rings. The van der Waals surface area contributed by atoms with Gasteiger partial charge in [-0.1, -0.05) is 12.7 Å². The molecule has 2 aromatic rings. The average Bonchev–Trinajstić information content (AvgIpc) is 2.75. The summed E-state index contributed by atoms with van der Waals surface area (Å²) < 4.78 is 59.1. The van der Waals surface area contributed by atoms with Crippen LogP contribution < -0.4 is 10.2 Å². The Hall–Kier alpha value is -3.27. The van der Waals surface area contributed by atoms with Crippen molar-refractivity contribution in [1.29, 1.82) is 0 Å². The Morgan fingerprint density at radius 2 is 1.84 bits per heavy atom. The summed E-state index contributed by atoms with van der Waals surface area (Å²) in [6.45, 7) is 8.38. The summed E-state index contributed by atoms with van der Waals surface area (Å²) in [5.41, 5.74) is -0.911. The largest absolute Gasteiger partial charge is 0.416 e. The fourth-order valence-corrected chi connectivity index (χ4v) is 3.24. The average molecular weight is 450 g/mol. The molecule has 1 amide bonds. The summed E-state index contributed by atoms with van der Waals surface area (Å²) in [5, 5.41) is 2.39. The van der Waals surface area contributed by atoms with Gasteiger partial charge in [-0.15, -0.1) is 0 Å². The van der Waals surface area contributed by atoms with Gasteiger partial charge in [-0.3, -0.25) is 4.79 Å². The van der Waals surface area contributed by atoms with Gasteiger partial charge >= 0.3 is 6.18 Å². The minimum Gasteiger partial charge on any atom is -0.378 e. The second kappa shape index (κ2) is 9.47. The lowest BCUT2D eigenvalue weighted by Gasteiger charge is -2.26. The number of benzene rings is 1. The first-order valence-electron chi connectivity index (χ1n) is 9.81. The van der Waals surface area contributed by atoms with Crippen molar-refractivity contribution >= 4 is 17.5 Å². The van der Waals surface area contributed by atoms with Crippen LogP contribution in [0, 0.1) is 12.7 Å². The van der Waals surface area contributed by atoms with Crippen molar-refractivity contribution in [2.45, 2.75) is 20.0 Å². The summed E-state index contributed by atoms with van der Waals surface area (Å²) in [4.78, 5) is 22.9. The van der Waals surface area contributed by atoms with Gasteiger partial charge in [-0.25, -0.2) is 14.4 Å². The Morgan fingerprint density at radius 1 is 1.22 bits per heavy atom. The maximum absolute atomic E-state index is 14.6. The van der Waals surface area contributed by atoms with E-state index >= 15 is 0 Å². The van der Waals surface area contributed by atoms with Crippen LogP contribution in [-0.2, 0) is 9.53 Å². The molecule has 0 saturated carbocycles. The molecule has 0 radical (unpaired) electrons. The second-order valence-electron chi connectivity index (χ2n) is 7.15. The number of carbonyl (C=O) groups excluding carboxylic acids is 1. The van der Waals surface area contributed by atoms with Crippen molar-refractivity contribution in [3.05, 3.63) is 59.7 Å². The molecule has 170 valence electrons. The van der Waals surface area contributed by atoms with Crippen LogP contribution in [0.5, 0.6) is 0 Å². The molecular formula is C22H22F4N4O2. The number of ether oxygens (including phenoxy) is 1. The molecule has 1 N–H and O–H groups in total. The number of carbonyl (C=O) groups is 1. The smallest absolute Gasteiger partial charge is 0.378 e. The second-order valence-corrected chi connectivity index (χ2v) is 7.15. The van der Waals surface area contributed by atoms with Gasteiger partial charge in [0.25, 0.3) is 5.91 Å². The molecule has 1 aliphatic heterocycles. The van der Waals surface area contributed by atoms with Crippen LogP contribution >= 0.6 is 0 Å². The minimum absolute atomic E-state index is 0.104. The number of rotatable bonds is 5. The number of nitrogens with zero attached hydrogens (tertiary/aromatic N) is 3. The lowest BCUT2D eigenvalue weighted by Crippen LogP contribution is -2.37. The zero-order chi connectivity index (χ0) is 23.5. The zero-order valence-electron chi connectivity index (χ0n) is 17.6. The van der Waals surface area contributed by atoms with Gasteiger partial charge in [0, 0.05) is 47.9 Å². The number of halogens is 4. The number of anilines is 2. The lowest BCUT2D eigenvalue weighted by molar-refractivity contribution is -0.115. The normalized spacial score (nSPS) is 14.9. The fourth-order valence-electron chi connectivity index (χ4n) is 3.24. The molecule has 0 bridgehead atoms. The SMILES string of the molecule is C=C(C(=O)Nc1cc(-c2cnc(N3CCOCC3)nc2)c(F)cc1C)/C(=C\C)C(F)(F)F. The molecule has 1 aliphatic rings. The number of alkyl halides is 3. The number of aryl methyl sites for hydroxylation is 1. The Morgan fingerprint density at radius 3 is 2.41 bits per heavy atom. The summed E-state index contributed by atoms with van der Waals surface area (Å²) in [6.07, 6.45) is -1.03. The van der Waals surface area contributed by atoms with E-state index in [4.69, 9.17) is 4.74 Å². The molecule has 0 spiro atoms. The third-order valence-electron chi connectivity index (χ3n) is 5.00. The molecule has 6 nitrogen and oxygen atoms in total.